The zero-order valence-corrected chi connectivity index (χ0v) is 20.8. The topological polar surface area (TPSA) is 106 Å². The molecule has 2 unspecified atom stereocenters. The SMILES string of the molecule is CCn1ncc2c(N3CC4CCC(C3)O4)nc(-c3ccc(NC(=O)Nc4ccc(OC)cc4)cc3)nc21. The van der Waals surface area contributed by atoms with Gasteiger partial charge in [0, 0.05) is 36.6 Å². The smallest absolute Gasteiger partial charge is 0.323 e. The van der Waals surface area contributed by atoms with Crippen LogP contribution in [0.15, 0.2) is 54.7 Å². The van der Waals surface area contributed by atoms with Crippen molar-refractivity contribution in [1.82, 2.24) is 19.7 Å². The number of urea groups is 1. The number of nitrogens with zero attached hydrogens (tertiary/aromatic N) is 5. The van der Waals surface area contributed by atoms with Crippen LogP contribution in [0.5, 0.6) is 5.75 Å². The van der Waals surface area contributed by atoms with Crippen molar-refractivity contribution in [2.24, 2.45) is 0 Å². The Morgan fingerprint density at radius 3 is 2.27 bits per heavy atom. The standard InChI is InChI=1S/C27H29N7O3/c1-3-34-26-23(14-28-34)25(33-15-21-12-13-22(16-33)37-21)31-24(32-26)17-4-6-18(7-5-17)29-27(35)30-19-8-10-20(36-2)11-9-19/h4-11,14,21-22H,3,12-13,15-16H2,1-2H3,(H2,29,30,35). The Hall–Kier alpha value is -4.18. The fraction of sp³-hybridized carbons (Fsp3) is 0.333. The molecule has 0 aliphatic carbocycles. The molecule has 37 heavy (non-hydrogen) atoms. The zero-order valence-electron chi connectivity index (χ0n) is 20.8. The van der Waals surface area contributed by atoms with Crippen LogP contribution >= 0.6 is 0 Å². The Bertz CT molecular complexity index is 1410. The van der Waals surface area contributed by atoms with Crippen molar-refractivity contribution in [3.63, 3.8) is 0 Å². The van der Waals surface area contributed by atoms with Gasteiger partial charge in [-0.25, -0.2) is 19.4 Å². The van der Waals surface area contributed by atoms with E-state index in [0.717, 1.165) is 60.6 Å². The number of anilines is 3. The van der Waals surface area contributed by atoms with Crippen molar-refractivity contribution >= 4 is 34.3 Å². The molecular weight excluding hydrogens is 470 g/mol. The van der Waals surface area contributed by atoms with Gasteiger partial charge in [0.05, 0.1) is 30.9 Å². The molecule has 2 aromatic carbocycles. The van der Waals surface area contributed by atoms with E-state index >= 15 is 0 Å². The number of methoxy groups -OCH3 is 1. The summed E-state index contributed by atoms with van der Waals surface area (Å²) in [6, 6.07) is 14.4. The molecule has 2 aromatic heterocycles. The number of hydrogen-bond acceptors (Lipinski definition) is 7. The minimum Gasteiger partial charge on any atom is -0.497 e. The highest BCUT2D eigenvalue weighted by Gasteiger charge is 2.35. The number of carbonyl (C=O) groups excluding carboxylic acids is 1. The fourth-order valence-corrected chi connectivity index (χ4v) is 5.00. The maximum atomic E-state index is 12.5. The highest BCUT2D eigenvalue weighted by Crippen LogP contribution is 2.33. The maximum absolute atomic E-state index is 12.5. The van der Waals surface area contributed by atoms with Crippen LogP contribution in [0.1, 0.15) is 19.8 Å². The fourth-order valence-electron chi connectivity index (χ4n) is 5.00. The summed E-state index contributed by atoms with van der Waals surface area (Å²) in [5, 5.41) is 11.2. The summed E-state index contributed by atoms with van der Waals surface area (Å²) in [6.07, 6.45) is 4.56. The molecular formula is C27H29N7O3. The van der Waals surface area contributed by atoms with Gasteiger partial charge >= 0.3 is 6.03 Å². The molecule has 10 heteroatoms. The molecule has 2 fully saturated rings. The number of carbonyl (C=O) groups is 1. The monoisotopic (exact) mass is 499 g/mol. The Morgan fingerprint density at radius 1 is 1.00 bits per heavy atom. The number of fused-ring (bicyclic) bond motifs is 3. The van der Waals surface area contributed by atoms with Crippen LogP contribution in [0.25, 0.3) is 22.4 Å². The minimum atomic E-state index is -0.327. The lowest BCUT2D eigenvalue weighted by Gasteiger charge is -2.33. The molecule has 2 aliphatic rings. The van der Waals surface area contributed by atoms with E-state index in [2.05, 4.69) is 27.6 Å². The lowest BCUT2D eigenvalue weighted by atomic mass is 10.2. The Balaban J connectivity index is 1.23. The zero-order chi connectivity index (χ0) is 25.4. The molecule has 2 saturated heterocycles. The largest absolute Gasteiger partial charge is 0.497 e. The van der Waals surface area contributed by atoms with Gasteiger partial charge in [-0.1, -0.05) is 0 Å². The summed E-state index contributed by atoms with van der Waals surface area (Å²) in [5.41, 5.74) is 3.03. The Kier molecular flexibility index (Phi) is 6.09. The summed E-state index contributed by atoms with van der Waals surface area (Å²) in [5.74, 6) is 2.26. The van der Waals surface area contributed by atoms with Gasteiger partial charge in [-0.3, -0.25) is 0 Å². The average Bonchev–Trinajstić information content (AvgIpc) is 3.50. The third-order valence-electron chi connectivity index (χ3n) is 6.87. The Labute approximate surface area is 214 Å². The maximum Gasteiger partial charge on any atom is 0.323 e. The van der Waals surface area contributed by atoms with Crippen LogP contribution in [0.2, 0.25) is 0 Å². The first-order valence-corrected chi connectivity index (χ1v) is 12.6. The minimum absolute atomic E-state index is 0.253. The molecule has 4 aromatic rings. The number of rotatable bonds is 6. The van der Waals surface area contributed by atoms with Crippen molar-refractivity contribution in [2.75, 3.05) is 35.7 Å². The number of morpholine rings is 1. The van der Waals surface area contributed by atoms with E-state index in [-0.39, 0.29) is 18.2 Å². The van der Waals surface area contributed by atoms with Gasteiger partial charge in [0.15, 0.2) is 11.5 Å². The van der Waals surface area contributed by atoms with Crippen molar-refractivity contribution in [3.05, 3.63) is 54.7 Å². The lowest BCUT2D eigenvalue weighted by Crippen LogP contribution is -2.43. The van der Waals surface area contributed by atoms with Crippen LogP contribution in [-0.4, -0.2) is 58.2 Å². The summed E-state index contributed by atoms with van der Waals surface area (Å²) in [7, 11) is 1.60. The van der Waals surface area contributed by atoms with E-state index in [4.69, 9.17) is 19.4 Å². The van der Waals surface area contributed by atoms with Crippen molar-refractivity contribution < 1.29 is 14.3 Å². The molecule has 2 bridgehead atoms. The first-order chi connectivity index (χ1) is 18.1. The number of benzene rings is 2. The van der Waals surface area contributed by atoms with E-state index in [9.17, 15) is 4.79 Å². The predicted molar refractivity (Wildman–Crippen MR) is 142 cm³/mol. The summed E-state index contributed by atoms with van der Waals surface area (Å²) in [6.45, 7) is 4.43. The molecule has 2 amide bonds. The van der Waals surface area contributed by atoms with Crippen molar-refractivity contribution in [2.45, 2.75) is 38.5 Å². The van der Waals surface area contributed by atoms with E-state index in [1.54, 1.807) is 31.4 Å². The first-order valence-electron chi connectivity index (χ1n) is 12.6. The number of nitrogens with one attached hydrogen (secondary N) is 2. The quantitative estimate of drug-likeness (QED) is 0.401. The molecule has 0 radical (unpaired) electrons. The van der Waals surface area contributed by atoms with Crippen LogP contribution in [0.4, 0.5) is 22.0 Å². The molecule has 2 N–H and O–H groups in total. The molecule has 2 aliphatic heterocycles. The van der Waals surface area contributed by atoms with E-state index in [1.165, 1.54) is 0 Å². The molecule has 10 nitrogen and oxygen atoms in total. The van der Waals surface area contributed by atoms with Crippen LogP contribution in [0.3, 0.4) is 0 Å². The highest BCUT2D eigenvalue weighted by molar-refractivity contribution is 6.00. The van der Waals surface area contributed by atoms with Gasteiger partial charge in [-0.15, -0.1) is 0 Å². The summed E-state index contributed by atoms with van der Waals surface area (Å²) < 4.78 is 13.1. The van der Waals surface area contributed by atoms with Gasteiger partial charge in [-0.05, 0) is 68.3 Å². The van der Waals surface area contributed by atoms with Gasteiger partial charge < -0.3 is 25.0 Å². The van der Waals surface area contributed by atoms with E-state index in [1.807, 2.05) is 35.1 Å². The second kappa shape index (κ2) is 9.70. The number of aryl methyl sites for hydroxylation is 1. The van der Waals surface area contributed by atoms with Crippen LogP contribution in [0, 0.1) is 0 Å². The second-order valence-electron chi connectivity index (χ2n) is 9.32. The van der Waals surface area contributed by atoms with Gasteiger partial charge in [0.1, 0.15) is 11.6 Å². The van der Waals surface area contributed by atoms with Crippen molar-refractivity contribution in [1.29, 1.82) is 0 Å². The van der Waals surface area contributed by atoms with E-state index < -0.39 is 0 Å². The third kappa shape index (κ3) is 4.67. The average molecular weight is 500 g/mol. The molecule has 4 heterocycles. The third-order valence-corrected chi connectivity index (χ3v) is 6.87. The van der Waals surface area contributed by atoms with Crippen LogP contribution < -0.4 is 20.3 Å². The molecule has 0 spiro atoms. The predicted octanol–water partition coefficient (Wildman–Crippen LogP) is 4.53. The number of ether oxygens (including phenoxy) is 2. The lowest BCUT2D eigenvalue weighted by molar-refractivity contribution is 0.0303. The number of aromatic nitrogens is 4. The second-order valence-corrected chi connectivity index (χ2v) is 9.32. The highest BCUT2D eigenvalue weighted by atomic mass is 16.5. The van der Waals surface area contributed by atoms with E-state index in [0.29, 0.717) is 17.2 Å². The summed E-state index contributed by atoms with van der Waals surface area (Å²) >= 11 is 0. The summed E-state index contributed by atoms with van der Waals surface area (Å²) in [4.78, 5) is 24.6. The van der Waals surface area contributed by atoms with Crippen LogP contribution in [-0.2, 0) is 11.3 Å². The normalized spacial score (nSPS) is 18.7. The number of hydrogen-bond donors (Lipinski definition) is 2. The first kappa shape index (κ1) is 23.2. The molecule has 0 saturated carbocycles. The Morgan fingerprint density at radius 2 is 1.65 bits per heavy atom. The van der Waals surface area contributed by atoms with Gasteiger partial charge in [-0.2, -0.15) is 5.10 Å². The van der Waals surface area contributed by atoms with Crippen molar-refractivity contribution in [3.8, 4) is 17.1 Å². The molecule has 2 atom stereocenters. The van der Waals surface area contributed by atoms with Gasteiger partial charge in [0.25, 0.3) is 0 Å². The molecule has 190 valence electrons. The molecule has 6 rings (SSSR count). The number of amides is 2. The van der Waals surface area contributed by atoms with Gasteiger partial charge in [0.2, 0.25) is 0 Å².